The van der Waals surface area contributed by atoms with Crippen LogP contribution >= 0.6 is 0 Å². The van der Waals surface area contributed by atoms with Gasteiger partial charge in [-0.15, -0.1) is 0 Å². The first-order valence-corrected chi connectivity index (χ1v) is 14.1. The number of fused-ring (bicyclic) bond motifs is 1. The topological polar surface area (TPSA) is 29.5 Å². The van der Waals surface area contributed by atoms with Crippen LogP contribution in [0.5, 0.6) is 11.5 Å². The number of phenols is 1. The van der Waals surface area contributed by atoms with Gasteiger partial charge in [0, 0.05) is 11.1 Å². The Labute approximate surface area is 211 Å². The minimum atomic E-state index is -0.105. The fraction of sp³-hybridized carbons (Fsp3) is 0.750. The number of hydrogen-bond acceptors (Lipinski definition) is 2. The summed E-state index contributed by atoms with van der Waals surface area (Å²) >= 11 is 0. The fourth-order valence-electron chi connectivity index (χ4n) is 5.64. The molecule has 2 heteroatoms. The molecular weight excluding hydrogens is 416 g/mol. The minimum Gasteiger partial charge on any atom is -0.507 e. The number of hydrogen-bond donors (Lipinski definition) is 1. The number of allylic oxidation sites excluding steroid dienone is 1. The third-order valence-corrected chi connectivity index (χ3v) is 8.19. The van der Waals surface area contributed by atoms with Crippen molar-refractivity contribution in [3.8, 4) is 11.5 Å². The zero-order chi connectivity index (χ0) is 25.5. The molecule has 34 heavy (non-hydrogen) atoms. The third-order valence-electron chi connectivity index (χ3n) is 8.19. The predicted molar refractivity (Wildman–Crippen MR) is 148 cm³/mol. The lowest BCUT2D eigenvalue weighted by Gasteiger charge is -2.38. The van der Waals surface area contributed by atoms with Gasteiger partial charge in [0.1, 0.15) is 17.1 Å². The lowest BCUT2D eigenvalue weighted by atomic mass is 9.82. The highest BCUT2D eigenvalue weighted by atomic mass is 16.5. The molecule has 0 fully saturated rings. The maximum Gasteiger partial charge on any atom is 0.127 e. The quantitative estimate of drug-likeness (QED) is 0.274. The van der Waals surface area contributed by atoms with Crippen molar-refractivity contribution in [2.24, 2.45) is 17.8 Å². The van der Waals surface area contributed by atoms with Gasteiger partial charge in [-0.2, -0.15) is 0 Å². The number of ether oxygens (including phenoxy) is 1. The van der Waals surface area contributed by atoms with Gasteiger partial charge in [0.05, 0.1) is 0 Å². The Bertz CT molecular complexity index is 806. The smallest absolute Gasteiger partial charge is 0.127 e. The second-order valence-electron chi connectivity index (χ2n) is 12.4. The monoisotopic (exact) mass is 470 g/mol. The van der Waals surface area contributed by atoms with Crippen molar-refractivity contribution in [3.05, 3.63) is 34.4 Å². The molecule has 0 aliphatic carbocycles. The van der Waals surface area contributed by atoms with Crippen LogP contribution in [0.1, 0.15) is 128 Å². The highest BCUT2D eigenvalue weighted by Gasteiger charge is 2.34. The average molecular weight is 471 g/mol. The normalized spacial score (nSPS) is 19.6. The van der Waals surface area contributed by atoms with E-state index in [-0.39, 0.29) is 5.60 Å². The Hall–Kier alpha value is -1.44. The summed E-state index contributed by atoms with van der Waals surface area (Å²) in [5.74, 6) is 3.98. The maximum absolute atomic E-state index is 10.8. The van der Waals surface area contributed by atoms with Crippen LogP contribution in [0.4, 0.5) is 0 Å². The molecule has 0 radical (unpaired) electrons. The van der Waals surface area contributed by atoms with Crippen molar-refractivity contribution < 1.29 is 9.84 Å². The second-order valence-corrected chi connectivity index (χ2v) is 12.4. The predicted octanol–water partition coefficient (Wildman–Crippen LogP) is 9.65. The van der Waals surface area contributed by atoms with Crippen molar-refractivity contribution >= 4 is 0 Å². The number of benzene rings is 1. The van der Waals surface area contributed by atoms with Gasteiger partial charge < -0.3 is 9.84 Å². The van der Waals surface area contributed by atoms with Gasteiger partial charge in [-0.25, -0.2) is 0 Å². The van der Waals surface area contributed by atoms with Crippen molar-refractivity contribution in [3.63, 3.8) is 0 Å². The molecule has 1 aromatic carbocycles. The van der Waals surface area contributed by atoms with E-state index in [0.717, 1.165) is 71.4 Å². The zero-order valence-electron chi connectivity index (χ0n) is 23.8. The molecule has 0 amide bonds. The summed E-state index contributed by atoms with van der Waals surface area (Å²) in [5, 5.41) is 10.8. The first-order valence-electron chi connectivity index (χ1n) is 14.1. The standard InChI is InChI=1S/C32H54O2/c1-22(2)13-10-14-24(5)15-11-16-25(6)17-12-19-32(9)20-18-28-29(21-23(3)4)30(33)26(7)27(8)31(28)34-32/h22,24-25,33H,3,10-21H2,1-2,4-9H3/t24?,25?,32-/m1/s1. The first-order chi connectivity index (χ1) is 15.9. The molecule has 0 saturated heterocycles. The van der Waals surface area contributed by atoms with E-state index in [1.807, 2.05) is 13.8 Å². The van der Waals surface area contributed by atoms with Gasteiger partial charge in [0.2, 0.25) is 0 Å². The van der Waals surface area contributed by atoms with E-state index in [4.69, 9.17) is 4.74 Å². The molecule has 2 unspecified atom stereocenters. The molecule has 1 N–H and O–H groups in total. The molecule has 1 heterocycles. The van der Waals surface area contributed by atoms with Crippen LogP contribution in [0.3, 0.4) is 0 Å². The molecule has 1 aromatic rings. The Balaban J connectivity index is 1.84. The molecule has 2 rings (SSSR count). The largest absolute Gasteiger partial charge is 0.507 e. The van der Waals surface area contributed by atoms with E-state index in [0.29, 0.717) is 5.75 Å². The van der Waals surface area contributed by atoms with E-state index in [2.05, 4.69) is 48.1 Å². The van der Waals surface area contributed by atoms with Crippen LogP contribution in [-0.2, 0) is 12.8 Å². The van der Waals surface area contributed by atoms with Crippen molar-refractivity contribution in [2.45, 2.75) is 138 Å². The Morgan fingerprint density at radius 1 is 0.941 bits per heavy atom. The van der Waals surface area contributed by atoms with Gasteiger partial charge >= 0.3 is 0 Å². The SMILES string of the molecule is C=C(C)Cc1c(O)c(C)c(C)c2c1CC[C@@](C)(CCCC(C)CCCC(C)CCCC(C)C)O2. The summed E-state index contributed by atoms with van der Waals surface area (Å²) in [7, 11) is 0. The lowest BCUT2D eigenvalue weighted by Crippen LogP contribution is -2.37. The summed E-state index contributed by atoms with van der Waals surface area (Å²) in [6, 6.07) is 0. The van der Waals surface area contributed by atoms with Crippen molar-refractivity contribution in [1.29, 1.82) is 0 Å². The summed E-state index contributed by atoms with van der Waals surface area (Å²) in [4.78, 5) is 0. The number of phenolic OH excluding ortho intramolecular Hbond substituents is 1. The fourth-order valence-corrected chi connectivity index (χ4v) is 5.64. The summed E-state index contributed by atoms with van der Waals surface area (Å²) < 4.78 is 6.72. The van der Waals surface area contributed by atoms with Crippen LogP contribution in [0.15, 0.2) is 12.2 Å². The molecule has 0 aromatic heterocycles. The molecule has 0 spiro atoms. The van der Waals surface area contributed by atoms with Gasteiger partial charge in [0.25, 0.3) is 0 Å². The minimum absolute atomic E-state index is 0.105. The number of rotatable bonds is 14. The van der Waals surface area contributed by atoms with Crippen LogP contribution < -0.4 is 4.74 Å². The van der Waals surface area contributed by atoms with Gasteiger partial charge in [-0.3, -0.25) is 0 Å². The van der Waals surface area contributed by atoms with Crippen LogP contribution in [0.25, 0.3) is 0 Å². The molecule has 1 aliphatic rings. The zero-order valence-corrected chi connectivity index (χ0v) is 23.8. The van der Waals surface area contributed by atoms with E-state index < -0.39 is 0 Å². The molecule has 3 atom stereocenters. The maximum atomic E-state index is 10.8. The first kappa shape index (κ1) is 28.8. The lowest BCUT2D eigenvalue weighted by molar-refractivity contribution is 0.0511. The van der Waals surface area contributed by atoms with Crippen LogP contribution in [0, 0.1) is 31.6 Å². The molecule has 0 saturated carbocycles. The van der Waals surface area contributed by atoms with Crippen molar-refractivity contribution in [2.75, 3.05) is 0 Å². The highest BCUT2D eigenvalue weighted by molar-refractivity contribution is 5.59. The van der Waals surface area contributed by atoms with Crippen molar-refractivity contribution in [1.82, 2.24) is 0 Å². The second kappa shape index (κ2) is 13.0. The number of aromatic hydroxyl groups is 1. The Morgan fingerprint density at radius 2 is 1.50 bits per heavy atom. The molecule has 2 nitrogen and oxygen atoms in total. The van der Waals surface area contributed by atoms with Crippen LogP contribution in [0.2, 0.25) is 0 Å². The molecule has 0 bridgehead atoms. The summed E-state index contributed by atoms with van der Waals surface area (Å²) in [5.41, 5.74) is 5.25. The van der Waals surface area contributed by atoms with Gasteiger partial charge in [-0.05, 0) is 88.7 Å². The van der Waals surface area contributed by atoms with E-state index in [1.54, 1.807) is 0 Å². The van der Waals surface area contributed by atoms with E-state index >= 15 is 0 Å². The molecule has 194 valence electrons. The Morgan fingerprint density at radius 3 is 2.06 bits per heavy atom. The van der Waals surface area contributed by atoms with Gasteiger partial charge in [-0.1, -0.05) is 84.8 Å². The summed E-state index contributed by atoms with van der Waals surface area (Å²) in [6.45, 7) is 22.0. The highest BCUT2D eigenvalue weighted by Crippen LogP contribution is 2.45. The molecular formula is C32H54O2. The van der Waals surface area contributed by atoms with E-state index in [1.165, 1.54) is 56.9 Å². The van der Waals surface area contributed by atoms with Gasteiger partial charge in [0.15, 0.2) is 0 Å². The molecule has 1 aliphatic heterocycles. The van der Waals surface area contributed by atoms with E-state index in [9.17, 15) is 5.11 Å². The average Bonchev–Trinajstić information content (AvgIpc) is 2.75. The summed E-state index contributed by atoms with van der Waals surface area (Å²) in [6.07, 6.45) is 14.6. The Kier molecular flexibility index (Phi) is 11.0. The van der Waals surface area contributed by atoms with Crippen LogP contribution in [-0.4, -0.2) is 10.7 Å². The third kappa shape index (κ3) is 8.35.